The van der Waals surface area contributed by atoms with Crippen LogP contribution in [0.2, 0.25) is 0 Å². The van der Waals surface area contributed by atoms with Gasteiger partial charge in [0.2, 0.25) is 0 Å². The van der Waals surface area contributed by atoms with Gasteiger partial charge < -0.3 is 5.32 Å². The first-order valence-electron chi connectivity index (χ1n) is 6.28. The van der Waals surface area contributed by atoms with Crippen molar-refractivity contribution < 1.29 is 4.39 Å². The zero-order valence-corrected chi connectivity index (χ0v) is 12.7. The Bertz CT molecular complexity index is 568. The monoisotopic (exact) mass is 321 g/mol. The molecular weight excluding hydrogens is 305 g/mol. The molecular formula is C16H17BrFN. The van der Waals surface area contributed by atoms with E-state index in [4.69, 9.17) is 0 Å². The fraction of sp³-hybridized carbons (Fsp3) is 0.250. The van der Waals surface area contributed by atoms with Crippen LogP contribution in [-0.2, 0) is 6.42 Å². The highest BCUT2D eigenvalue weighted by Gasteiger charge is 2.13. The highest BCUT2D eigenvalue weighted by molar-refractivity contribution is 9.10. The van der Waals surface area contributed by atoms with Gasteiger partial charge in [0.1, 0.15) is 5.82 Å². The van der Waals surface area contributed by atoms with Crippen LogP contribution in [0.3, 0.4) is 0 Å². The second-order valence-electron chi connectivity index (χ2n) is 4.68. The molecule has 2 aromatic carbocycles. The molecule has 0 fully saturated rings. The van der Waals surface area contributed by atoms with Crippen LogP contribution in [0.5, 0.6) is 0 Å². The average Bonchev–Trinajstić information content (AvgIpc) is 2.39. The van der Waals surface area contributed by atoms with Crippen molar-refractivity contribution in [3.8, 4) is 0 Å². The van der Waals surface area contributed by atoms with E-state index in [1.807, 2.05) is 32.2 Å². The molecule has 19 heavy (non-hydrogen) atoms. The second-order valence-corrected chi connectivity index (χ2v) is 5.59. The number of nitrogens with one attached hydrogen (secondary N) is 1. The summed E-state index contributed by atoms with van der Waals surface area (Å²) < 4.78 is 14.5. The highest BCUT2D eigenvalue weighted by Crippen LogP contribution is 2.23. The topological polar surface area (TPSA) is 12.0 Å². The Balaban J connectivity index is 2.27. The van der Waals surface area contributed by atoms with E-state index < -0.39 is 0 Å². The van der Waals surface area contributed by atoms with E-state index in [9.17, 15) is 4.39 Å². The molecule has 0 saturated carbocycles. The highest BCUT2D eigenvalue weighted by atomic mass is 79.9. The van der Waals surface area contributed by atoms with E-state index >= 15 is 0 Å². The van der Waals surface area contributed by atoms with Crippen molar-refractivity contribution in [2.75, 3.05) is 7.05 Å². The first-order chi connectivity index (χ1) is 9.10. The lowest BCUT2D eigenvalue weighted by atomic mass is 9.95. The molecule has 0 aliphatic heterocycles. The summed E-state index contributed by atoms with van der Waals surface area (Å²) in [6.07, 6.45) is 0.834. The fourth-order valence-electron chi connectivity index (χ4n) is 2.25. The molecule has 1 unspecified atom stereocenters. The molecule has 0 spiro atoms. The number of hydrogen-bond acceptors (Lipinski definition) is 1. The standard InChI is InChI=1S/C16H17BrFN/c1-11-6-7-14(18)10-15(11)16(19-2)9-12-4-3-5-13(17)8-12/h3-8,10,16,19H,9H2,1-2H3. The maximum Gasteiger partial charge on any atom is 0.123 e. The summed E-state index contributed by atoms with van der Waals surface area (Å²) in [6.45, 7) is 2.01. The SMILES string of the molecule is CNC(Cc1cccc(Br)c1)c1cc(F)ccc1C. The lowest BCUT2D eigenvalue weighted by Crippen LogP contribution is -2.20. The first kappa shape index (κ1) is 14.2. The van der Waals surface area contributed by atoms with Crippen LogP contribution in [0.4, 0.5) is 4.39 Å². The molecule has 0 aliphatic carbocycles. The van der Waals surface area contributed by atoms with Crippen LogP contribution in [0, 0.1) is 12.7 Å². The van der Waals surface area contributed by atoms with Crippen molar-refractivity contribution in [1.82, 2.24) is 5.32 Å². The van der Waals surface area contributed by atoms with E-state index in [0.29, 0.717) is 0 Å². The third-order valence-corrected chi connectivity index (χ3v) is 3.79. The predicted octanol–water partition coefficient (Wildman–Crippen LogP) is 4.40. The lowest BCUT2D eigenvalue weighted by Gasteiger charge is -2.19. The van der Waals surface area contributed by atoms with Crippen molar-refractivity contribution in [1.29, 1.82) is 0 Å². The predicted molar refractivity (Wildman–Crippen MR) is 80.8 cm³/mol. The number of hydrogen-bond donors (Lipinski definition) is 1. The van der Waals surface area contributed by atoms with Gasteiger partial charge in [-0.05, 0) is 61.3 Å². The van der Waals surface area contributed by atoms with Gasteiger partial charge in [0, 0.05) is 10.5 Å². The molecule has 0 aromatic heterocycles. The number of benzene rings is 2. The van der Waals surface area contributed by atoms with E-state index in [-0.39, 0.29) is 11.9 Å². The third kappa shape index (κ3) is 3.64. The Labute approximate surface area is 122 Å². The molecule has 1 N–H and O–H groups in total. The maximum atomic E-state index is 13.4. The van der Waals surface area contributed by atoms with Crippen molar-refractivity contribution in [3.63, 3.8) is 0 Å². The zero-order chi connectivity index (χ0) is 13.8. The molecule has 0 radical (unpaired) electrons. The summed E-state index contributed by atoms with van der Waals surface area (Å²) in [6, 6.07) is 13.3. The largest absolute Gasteiger partial charge is 0.313 e. The Hall–Kier alpha value is -1.19. The molecule has 0 amide bonds. The van der Waals surface area contributed by atoms with Crippen molar-refractivity contribution in [3.05, 3.63) is 69.4 Å². The first-order valence-corrected chi connectivity index (χ1v) is 7.07. The van der Waals surface area contributed by atoms with Gasteiger partial charge in [-0.2, -0.15) is 0 Å². The molecule has 0 aliphatic rings. The zero-order valence-electron chi connectivity index (χ0n) is 11.1. The van der Waals surface area contributed by atoms with E-state index in [2.05, 4.69) is 33.4 Å². The van der Waals surface area contributed by atoms with Gasteiger partial charge >= 0.3 is 0 Å². The van der Waals surface area contributed by atoms with Crippen LogP contribution in [0.25, 0.3) is 0 Å². The summed E-state index contributed by atoms with van der Waals surface area (Å²) in [4.78, 5) is 0. The van der Waals surface area contributed by atoms with E-state index in [0.717, 1.165) is 22.0 Å². The summed E-state index contributed by atoms with van der Waals surface area (Å²) in [7, 11) is 1.91. The molecule has 0 bridgehead atoms. The fourth-order valence-corrected chi connectivity index (χ4v) is 2.70. The summed E-state index contributed by atoms with van der Waals surface area (Å²) in [5.74, 6) is -0.185. The van der Waals surface area contributed by atoms with Gasteiger partial charge in [-0.15, -0.1) is 0 Å². The van der Waals surface area contributed by atoms with Crippen molar-refractivity contribution in [2.24, 2.45) is 0 Å². The molecule has 2 aromatic rings. The number of aryl methyl sites for hydroxylation is 1. The van der Waals surface area contributed by atoms with Crippen LogP contribution in [-0.4, -0.2) is 7.05 Å². The van der Waals surface area contributed by atoms with Crippen LogP contribution >= 0.6 is 15.9 Å². The maximum absolute atomic E-state index is 13.4. The Morgan fingerprint density at radius 1 is 1.21 bits per heavy atom. The van der Waals surface area contributed by atoms with Gasteiger partial charge in [-0.1, -0.05) is 34.1 Å². The van der Waals surface area contributed by atoms with Crippen molar-refractivity contribution >= 4 is 15.9 Å². The molecule has 0 heterocycles. The third-order valence-electron chi connectivity index (χ3n) is 3.29. The smallest absolute Gasteiger partial charge is 0.123 e. The Morgan fingerprint density at radius 2 is 2.00 bits per heavy atom. The van der Waals surface area contributed by atoms with Crippen LogP contribution < -0.4 is 5.32 Å². The van der Waals surface area contributed by atoms with Gasteiger partial charge in [0.05, 0.1) is 0 Å². The van der Waals surface area contributed by atoms with Crippen molar-refractivity contribution in [2.45, 2.75) is 19.4 Å². The second kappa shape index (κ2) is 6.31. The minimum atomic E-state index is -0.185. The van der Waals surface area contributed by atoms with Crippen LogP contribution in [0.15, 0.2) is 46.9 Å². The lowest BCUT2D eigenvalue weighted by molar-refractivity contribution is 0.574. The van der Waals surface area contributed by atoms with E-state index in [1.165, 1.54) is 11.6 Å². The molecule has 2 rings (SSSR count). The Kier molecular flexibility index (Phi) is 4.72. The number of halogens is 2. The molecule has 1 nitrogen and oxygen atoms in total. The normalized spacial score (nSPS) is 12.4. The molecule has 1 atom stereocenters. The summed E-state index contributed by atoms with van der Waals surface area (Å²) in [5, 5.41) is 3.27. The quantitative estimate of drug-likeness (QED) is 0.880. The molecule has 0 saturated heterocycles. The minimum Gasteiger partial charge on any atom is -0.313 e. The minimum absolute atomic E-state index is 0.116. The number of rotatable bonds is 4. The summed E-state index contributed by atoms with van der Waals surface area (Å²) >= 11 is 3.48. The molecule has 100 valence electrons. The molecule has 3 heteroatoms. The number of likely N-dealkylation sites (N-methyl/N-ethyl adjacent to an activating group) is 1. The van der Waals surface area contributed by atoms with Gasteiger partial charge in [0.15, 0.2) is 0 Å². The summed E-state index contributed by atoms with van der Waals surface area (Å²) in [5.41, 5.74) is 3.34. The average molecular weight is 322 g/mol. The Morgan fingerprint density at radius 3 is 2.68 bits per heavy atom. The van der Waals surface area contributed by atoms with Gasteiger partial charge in [-0.25, -0.2) is 4.39 Å². The van der Waals surface area contributed by atoms with Gasteiger partial charge in [-0.3, -0.25) is 0 Å². The van der Waals surface area contributed by atoms with Gasteiger partial charge in [0.25, 0.3) is 0 Å². The van der Waals surface area contributed by atoms with E-state index in [1.54, 1.807) is 6.07 Å². The van der Waals surface area contributed by atoms with Crippen LogP contribution in [0.1, 0.15) is 22.7 Å².